The maximum atomic E-state index is 12.4. The number of ether oxygens (including phenoxy) is 3. The highest BCUT2D eigenvalue weighted by molar-refractivity contribution is 5.91. The number of esters is 1. The number of urea groups is 1. The summed E-state index contributed by atoms with van der Waals surface area (Å²) in [6.07, 6.45) is 3.57. The molecule has 2 unspecified atom stereocenters. The summed E-state index contributed by atoms with van der Waals surface area (Å²) >= 11 is 0. The molecular formula is C33H45N3O6. The lowest BCUT2D eigenvalue weighted by molar-refractivity contribution is -0.253. The van der Waals surface area contributed by atoms with Crippen molar-refractivity contribution in [2.75, 3.05) is 31.6 Å². The van der Waals surface area contributed by atoms with Crippen LogP contribution in [0.1, 0.15) is 82.5 Å². The molecule has 228 valence electrons. The van der Waals surface area contributed by atoms with Gasteiger partial charge in [0.05, 0.1) is 25.4 Å². The highest BCUT2D eigenvalue weighted by Gasteiger charge is 2.50. The van der Waals surface area contributed by atoms with Crippen LogP contribution in [0, 0.1) is 10.8 Å². The predicted octanol–water partition coefficient (Wildman–Crippen LogP) is 5.31. The van der Waals surface area contributed by atoms with Gasteiger partial charge in [0, 0.05) is 36.8 Å². The third-order valence-corrected chi connectivity index (χ3v) is 8.69. The Balaban J connectivity index is 1.32. The summed E-state index contributed by atoms with van der Waals surface area (Å²) < 4.78 is 18.0. The molecule has 3 fully saturated rings. The minimum Gasteiger partial charge on any atom is -0.465 e. The number of aliphatic hydroxyl groups excluding tert-OH is 1. The molecule has 0 spiro atoms. The summed E-state index contributed by atoms with van der Waals surface area (Å²) in [5.74, 6) is -0.492. The molecule has 2 saturated heterocycles. The third-order valence-electron chi connectivity index (χ3n) is 8.69. The number of nitrogens with one attached hydrogen (secondary N) is 2. The molecule has 2 aromatic carbocycles. The molecule has 5 rings (SSSR count). The van der Waals surface area contributed by atoms with Gasteiger partial charge in [-0.1, -0.05) is 57.2 Å². The van der Waals surface area contributed by atoms with Crippen molar-refractivity contribution < 1.29 is 28.9 Å². The van der Waals surface area contributed by atoms with E-state index in [1.807, 2.05) is 42.5 Å². The summed E-state index contributed by atoms with van der Waals surface area (Å²) in [5, 5.41) is 14.8. The molecular weight excluding hydrogens is 534 g/mol. The van der Waals surface area contributed by atoms with Crippen molar-refractivity contribution in [1.82, 2.24) is 10.2 Å². The summed E-state index contributed by atoms with van der Waals surface area (Å²) in [7, 11) is 0. The Morgan fingerprint density at radius 3 is 2.60 bits per heavy atom. The fourth-order valence-corrected chi connectivity index (χ4v) is 7.39. The largest absolute Gasteiger partial charge is 0.465 e. The van der Waals surface area contributed by atoms with E-state index in [1.165, 1.54) is 19.3 Å². The fraction of sp³-hybridized carbons (Fsp3) is 0.576. The molecule has 2 bridgehead atoms. The van der Waals surface area contributed by atoms with Gasteiger partial charge in [0.25, 0.3) is 0 Å². The maximum absolute atomic E-state index is 12.4. The second-order valence-corrected chi connectivity index (χ2v) is 13.2. The quantitative estimate of drug-likeness (QED) is 0.346. The Morgan fingerprint density at radius 1 is 1.07 bits per heavy atom. The molecule has 0 aromatic heterocycles. The summed E-state index contributed by atoms with van der Waals surface area (Å²) in [6, 6.07) is 15.4. The molecule has 9 heteroatoms. The van der Waals surface area contributed by atoms with E-state index < -0.39 is 18.3 Å². The Labute approximate surface area is 248 Å². The normalized spacial score (nSPS) is 28.7. The topological polar surface area (TPSA) is 109 Å². The lowest BCUT2D eigenvalue weighted by atomic mass is 9.65. The lowest BCUT2D eigenvalue weighted by Crippen LogP contribution is -2.42. The van der Waals surface area contributed by atoms with E-state index in [9.17, 15) is 14.7 Å². The van der Waals surface area contributed by atoms with Crippen molar-refractivity contribution in [3.63, 3.8) is 0 Å². The highest BCUT2D eigenvalue weighted by Crippen LogP contribution is 2.53. The minimum absolute atomic E-state index is 0.00120. The SMILES string of the molecule is CCOC(=O)CNC(=O)Nc1cccc([C@H]2O[C@@H](CN3CC4(C)CC3CC(C)(C)C4)C[C@@H](c3ccc(CO)cc3)O2)c1. The van der Waals surface area contributed by atoms with Crippen molar-refractivity contribution in [2.45, 2.75) is 84.5 Å². The number of nitrogens with zero attached hydrogens (tertiary/aromatic N) is 1. The van der Waals surface area contributed by atoms with Crippen LogP contribution in [0.3, 0.4) is 0 Å². The average molecular weight is 580 g/mol. The molecule has 1 aliphatic carbocycles. The zero-order valence-corrected chi connectivity index (χ0v) is 25.2. The van der Waals surface area contributed by atoms with Crippen LogP contribution in [-0.2, 0) is 25.6 Å². The summed E-state index contributed by atoms with van der Waals surface area (Å²) in [6.45, 7) is 10.9. The molecule has 3 N–H and O–H groups in total. The maximum Gasteiger partial charge on any atom is 0.325 e. The monoisotopic (exact) mass is 579 g/mol. The van der Waals surface area contributed by atoms with Crippen molar-refractivity contribution in [3.8, 4) is 0 Å². The van der Waals surface area contributed by atoms with Crippen LogP contribution >= 0.6 is 0 Å². The smallest absolute Gasteiger partial charge is 0.325 e. The van der Waals surface area contributed by atoms with E-state index in [4.69, 9.17) is 14.2 Å². The number of carbonyl (C=O) groups is 2. The van der Waals surface area contributed by atoms with Gasteiger partial charge in [-0.3, -0.25) is 9.69 Å². The molecule has 9 nitrogen and oxygen atoms in total. The summed E-state index contributed by atoms with van der Waals surface area (Å²) in [5.41, 5.74) is 3.96. The van der Waals surface area contributed by atoms with Crippen molar-refractivity contribution in [1.29, 1.82) is 0 Å². The van der Waals surface area contributed by atoms with Gasteiger partial charge >= 0.3 is 12.0 Å². The molecule has 2 heterocycles. The zero-order chi connectivity index (χ0) is 29.9. The second kappa shape index (κ2) is 12.7. The first-order valence-electron chi connectivity index (χ1n) is 15.1. The van der Waals surface area contributed by atoms with E-state index in [-0.39, 0.29) is 32.0 Å². The number of fused-ring (bicyclic) bond motifs is 2. The first-order valence-corrected chi connectivity index (χ1v) is 15.1. The van der Waals surface area contributed by atoms with Gasteiger partial charge in [0.1, 0.15) is 6.54 Å². The van der Waals surface area contributed by atoms with E-state index in [0.717, 1.165) is 36.2 Å². The number of hydrogen-bond acceptors (Lipinski definition) is 7. The molecule has 42 heavy (non-hydrogen) atoms. The molecule has 5 atom stereocenters. The molecule has 2 aliphatic heterocycles. The van der Waals surface area contributed by atoms with Crippen LogP contribution < -0.4 is 10.6 Å². The number of amides is 2. The van der Waals surface area contributed by atoms with Crippen LogP contribution in [-0.4, -0.2) is 60.4 Å². The van der Waals surface area contributed by atoms with E-state index in [2.05, 4.69) is 36.3 Å². The number of hydrogen-bond donors (Lipinski definition) is 3. The zero-order valence-electron chi connectivity index (χ0n) is 25.2. The van der Waals surface area contributed by atoms with E-state index in [0.29, 0.717) is 22.6 Å². The predicted molar refractivity (Wildman–Crippen MR) is 160 cm³/mol. The average Bonchev–Trinajstić information content (AvgIpc) is 3.19. The number of carbonyl (C=O) groups excluding carboxylic acids is 2. The minimum atomic E-state index is -0.621. The van der Waals surface area contributed by atoms with Gasteiger partial charge in [-0.2, -0.15) is 0 Å². The van der Waals surface area contributed by atoms with Crippen LogP contribution in [0.5, 0.6) is 0 Å². The second-order valence-electron chi connectivity index (χ2n) is 13.2. The van der Waals surface area contributed by atoms with Gasteiger partial charge in [0.15, 0.2) is 6.29 Å². The Bertz CT molecular complexity index is 1250. The van der Waals surface area contributed by atoms with Gasteiger partial charge in [-0.05, 0) is 60.3 Å². The number of likely N-dealkylation sites (tertiary alicyclic amines) is 1. The van der Waals surface area contributed by atoms with E-state index in [1.54, 1.807) is 13.0 Å². The number of anilines is 1. The van der Waals surface area contributed by atoms with E-state index >= 15 is 0 Å². The van der Waals surface area contributed by atoms with Crippen molar-refractivity contribution in [3.05, 3.63) is 65.2 Å². The fourth-order valence-electron chi connectivity index (χ4n) is 7.39. The molecule has 2 aromatic rings. The van der Waals surface area contributed by atoms with Crippen LogP contribution in [0.4, 0.5) is 10.5 Å². The first-order chi connectivity index (χ1) is 20.0. The number of rotatable bonds is 9. The number of benzene rings is 2. The van der Waals surface area contributed by atoms with Crippen molar-refractivity contribution >= 4 is 17.7 Å². The van der Waals surface area contributed by atoms with Crippen LogP contribution in [0.2, 0.25) is 0 Å². The third kappa shape index (κ3) is 7.50. The van der Waals surface area contributed by atoms with Gasteiger partial charge in [-0.25, -0.2) is 4.79 Å². The Hall–Kier alpha value is -2.98. The highest BCUT2D eigenvalue weighted by atomic mass is 16.7. The van der Waals surface area contributed by atoms with Gasteiger partial charge in [-0.15, -0.1) is 0 Å². The van der Waals surface area contributed by atoms with Crippen LogP contribution in [0.15, 0.2) is 48.5 Å². The number of aliphatic hydroxyl groups is 1. The van der Waals surface area contributed by atoms with Crippen molar-refractivity contribution in [2.24, 2.45) is 10.8 Å². The summed E-state index contributed by atoms with van der Waals surface area (Å²) in [4.78, 5) is 26.6. The standard InChI is InChI=1S/C33H45N3O6/c1-5-40-29(38)17-34-31(39)35-25-8-6-7-24(13-25)30-41-27(14-28(42-30)23-11-9-22(19-37)10-12-23)18-36-21-33(4)16-26(36)15-32(2,3)20-33/h6-13,26-28,30,37H,5,14-21H2,1-4H3,(H2,34,35,39)/t26?,27-,28+,30+,33?/m1/s1. The molecule has 3 aliphatic rings. The molecule has 1 saturated carbocycles. The molecule has 2 amide bonds. The van der Waals surface area contributed by atoms with Crippen LogP contribution in [0.25, 0.3) is 0 Å². The van der Waals surface area contributed by atoms with Gasteiger partial charge < -0.3 is 30.0 Å². The molecule has 0 radical (unpaired) electrons. The lowest BCUT2D eigenvalue weighted by Gasteiger charge is -2.41. The Morgan fingerprint density at radius 2 is 1.86 bits per heavy atom. The Kier molecular flexibility index (Phi) is 9.23. The van der Waals surface area contributed by atoms with Gasteiger partial charge in [0.2, 0.25) is 0 Å². The first kappa shape index (κ1) is 30.5.